The van der Waals surface area contributed by atoms with Gasteiger partial charge in [-0.15, -0.1) is 0 Å². The normalized spacial score (nSPS) is 13.4. The number of methoxy groups -OCH3 is 1. The van der Waals surface area contributed by atoms with Crippen LogP contribution in [0, 0.1) is 11.6 Å². The molecule has 0 N–H and O–H groups in total. The molecular weight excluding hydrogens is 466 g/mol. The fourth-order valence-electron chi connectivity index (χ4n) is 4.60. The summed E-state index contributed by atoms with van der Waals surface area (Å²) in [6.45, 7) is 1.13. The molecule has 3 heterocycles. The molecule has 5 rings (SSSR count). The van der Waals surface area contributed by atoms with E-state index < -0.39 is 22.9 Å². The molecule has 0 unspecified atom stereocenters. The molecule has 0 aliphatic carbocycles. The smallest absolute Gasteiger partial charge is 0.336 e. The first-order valence-corrected chi connectivity index (χ1v) is 11.5. The van der Waals surface area contributed by atoms with Gasteiger partial charge in [-0.2, -0.15) is 0 Å². The molecule has 0 saturated heterocycles. The number of hydrogen-bond donors (Lipinski definition) is 0. The van der Waals surface area contributed by atoms with Crippen LogP contribution in [0.3, 0.4) is 0 Å². The van der Waals surface area contributed by atoms with Crippen molar-refractivity contribution in [2.45, 2.75) is 26.1 Å². The minimum atomic E-state index is -0.751. The molecule has 7 nitrogen and oxygen atoms in total. The van der Waals surface area contributed by atoms with Gasteiger partial charge < -0.3 is 4.74 Å². The molecule has 1 aliphatic rings. The largest absolute Gasteiger partial charge is 0.497 e. The van der Waals surface area contributed by atoms with Gasteiger partial charge in [-0.25, -0.2) is 18.1 Å². The Morgan fingerprint density at radius 1 is 0.972 bits per heavy atom. The van der Waals surface area contributed by atoms with Crippen molar-refractivity contribution in [3.05, 3.63) is 122 Å². The average molecular weight is 491 g/mol. The van der Waals surface area contributed by atoms with Crippen molar-refractivity contribution in [1.82, 2.24) is 19.0 Å². The third-order valence-corrected chi connectivity index (χ3v) is 6.45. The molecule has 0 bridgehead atoms. The summed E-state index contributed by atoms with van der Waals surface area (Å²) in [7, 11) is 1.49. The molecule has 0 saturated carbocycles. The summed E-state index contributed by atoms with van der Waals surface area (Å²) in [4.78, 5) is 33.5. The second-order valence-corrected chi connectivity index (χ2v) is 8.65. The van der Waals surface area contributed by atoms with Crippen molar-refractivity contribution in [1.29, 1.82) is 0 Å². The third kappa shape index (κ3) is 4.45. The van der Waals surface area contributed by atoms with Crippen LogP contribution >= 0.6 is 0 Å². The first kappa shape index (κ1) is 23.6. The molecule has 9 heteroatoms. The van der Waals surface area contributed by atoms with E-state index in [-0.39, 0.29) is 18.7 Å². The van der Waals surface area contributed by atoms with Gasteiger partial charge in [0.25, 0.3) is 5.56 Å². The summed E-state index contributed by atoms with van der Waals surface area (Å²) >= 11 is 0. The Hall–Kier alpha value is -4.11. The van der Waals surface area contributed by atoms with Crippen molar-refractivity contribution >= 4 is 0 Å². The van der Waals surface area contributed by atoms with Crippen molar-refractivity contribution in [2.24, 2.45) is 0 Å². The van der Waals surface area contributed by atoms with Crippen molar-refractivity contribution < 1.29 is 13.5 Å². The van der Waals surface area contributed by atoms with Crippen molar-refractivity contribution in [3.63, 3.8) is 0 Å². The fourth-order valence-corrected chi connectivity index (χ4v) is 4.60. The lowest BCUT2D eigenvalue weighted by molar-refractivity contribution is 0.233. The number of halogens is 2. The first-order chi connectivity index (χ1) is 17.5. The van der Waals surface area contributed by atoms with Crippen LogP contribution in [0.1, 0.15) is 22.4 Å². The molecule has 184 valence electrons. The monoisotopic (exact) mass is 490 g/mol. The summed E-state index contributed by atoms with van der Waals surface area (Å²) in [6.07, 6.45) is 3.80. The van der Waals surface area contributed by atoms with Gasteiger partial charge in [0.1, 0.15) is 17.4 Å². The molecular formula is C27H24F2N4O3. The van der Waals surface area contributed by atoms with Crippen LogP contribution in [-0.2, 0) is 26.1 Å². The van der Waals surface area contributed by atoms with E-state index in [0.29, 0.717) is 42.2 Å². The topological polar surface area (TPSA) is 69.4 Å². The second-order valence-electron chi connectivity index (χ2n) is 8.65. The molecule has 0 fully saturated rings. The summed E-state index contributed by atoms with van der Waals surface area (Å²) in [5.74, 6) is -1.02. The Bertz CT molecular complexity index is 1510. The molecule has 36 heavy (non-hydrogen) atoms. The van der Waals surface area contributed by atoms with E-state index in [1.807, 2.05) is 12.1 Å². The summed E-state index contributed by atoms with van der Waals surface area (Å²) < 4.78 is 36.8. The van der Waals surface area contributed by atoms with E-state index in [2.05, 4.69) is 9.88 Å². The lowest BCUT2D eigenvalue weighted by atomic mass is 10.0. The lowest BCUT2D eigenvalue weighted by Gasteiger charge is -2.31. The maximum absolute atomic E-state index is 14.6. The van der Waals surface area contributed by atoms with Gasteiger partial charge in [-0.3, -0.25) is 19.2 Å². The highest BCUT2D eigenvalue weighted by atomic mass is 19.1. The molecule has 4 aromatic rings. The first-order valence-electron chi connectivity index (χ1n) is 11.5. The van der Waals surface area contributed by atoms with Gasteiger partial charge in [0.2, 0.25) is 0 Å². The van der Waals surface area contributed by atoms with Crippen LogP contribution in [0.5, 0.6) is 5.75 Å². The number of fused-ring (bicyclic) bond motifs is 1. The minimum Gasteiger partial charge on any atom is -0.497 e. The SMILES string of the molecule is COc1cccc(-n2c(=O)c3c(n(Cc4c(F)cccc4F)c2=O)CN(Cc2ccncc2)CC3)c1. The molecule has 0 spiro atoms. The Balaban J connectivity index is 1.66. The predicted octanol–water partition coefficient (Wildman–Crippen LogP) is 3.29. The maximum atomic E-state index is 14.6. The number of nitrogens with zero attached hydrogens (tertiary/aromatic N) is 4. The van der Waals surface area contributed by atoms with Gasteiger partial charge in [0.05, 0.1) is 19.3 Å². The molecule has 2 aromatic carbocycles. The van der Waals surface area contributed by atoms with Gasteiger partial charge in [0.15, 0.2) is 0 Å². The molecule has 0 amide bonds. The van der Waals surface area contributed by atoms with Crippen LogP contribution < -0.4 is 16.0 Å². The third-order valence-electron chi connectivity index (χ3n) is 6.45. The van der Waals surface area contributed by atoms with E-state index in [4.69, 9.17) is 4.74 Å². The number of benzene rings is 2. The van der Waals surface area contributed by atoms with Gasteiger partial charge >= 0.3 is 5.69 Å². The van der Waals surface area contributed by atoms with Crippen LogP contribution in [0.2, 0.25) is 0 Å². The zero-order valence-corrected chi connectivity index (χ0v) is 19.7. The zero-order valence-electron chi connectivity index (χ0n) is 19.7. The summed E-state index contributed by atoms with van der Waals surface area (Å²) in [6, 6.07) is 14.0. The Labute approximate surface area is 205 Å². The highest BCUT2D eigenvalue weighted by Crippen LogP contribution is 2.21. The van der Waals surface area contributed by atoms with Gasteiger partial charge in [-0.1, -0.05) is 12.1 Å². The Morgan fingerprint density at radius 2 is 1.69 bits per heavy atom. The highest BCUT2D eigenvalue weighted by molar-refractivity contribution is 5.40. The number of ether oxygens (including phenoxy) is 1. The van der Waals surface area contributed by atoms with Crippen molar-refractivity contribution in [3.8, 4) is 11.4 Å². The molecule has 2 aromatic heterocycles. The molecule has 0 radical (unpaired) electrons. The Morgan fingerprint density at radius 3 is 2.42 bits per heavy atom. The van der Waals surface area contributed by atoms with Crippen LogP contribution in [-0.4, -0.2) is 32.7 Å². The van der Waals surface area contributed by atoms with Crippen LogP contribution in [0.15, 0.2) is 76.6 Å². The summed E-state index contributed by atoms with van der Waals surface area (Å²) in [5, 5.41) is 0. The Kier molecular flexibility index (Phi) is 6.47. The quantitative estimate of drug-likeness (QED) is 0.415. The van der Waals surface area contributed by atoms with Crippen LogP contribution in [0.4, 0.5) is 8.78 Å². The predicted molar refractivity (Wildman–Crippen MR) is 130 cm³/mol. The highest BCUT2D eigenvalue weighted by Gasteiger charge is 2.27. The van der Waals surface area contributed by atoms with E-state index in [1.165, 1.54) is 17.7 Å². The maximum Gasteiger partial charge on any atom is 0.336 e. The van der Waals surface area contributed by atoms with E-state index in [0.717, 1.165) is 22.3 Å². The van der Waals surface area contributed by atoms with Crippen molar-refractivity contribution in [2.75, 3.05) is 13.7 Å². The zero-order chi connectivity index (χ0) is 25.2. The summed E-state index contributed by atoms with van der Waals surface area (Å²) in [5.41, 5.74) is 0.954. The fraction of sp³-hybridized carbons (Fsp3) is 0.222. The van der Waals surface area contributed by atoms with Crippen LogP contribution in [0.25, 0.3) is 5.69 Å². The second kappa shape index (κ2) is 9.87. The average Bonchev–Trinajstić information content (AvgIpc) is 2.89. The number of aromatic nitrogens is 3. The molecule has 1 aliphatic heterocycles. The molecule has 0 atom stereocenters. The van der Waals surface area contributed by atoms with Gasteiger partial charge in [0, 0.05) is 54.9 Å². The number of rotatable bonds is 6. The van der Waals surface area contributed by atoms with E-state index in [1.54, 1.807) is 36.7 Å². The van der Waals surface area contributed by atoms with E-state index in [9.17, 15) is 18.4 Å². The number of hydrogen-bond acceptors (Lipinski definition) is 5. The lowest BCUT2D eigenvalue weighted by Crippen LogP contribution is -2.47. The number of pyridine rings is 1. The minimum absolute atomic E-state index is 0.233. The standard InChI is InChI=1S/C27H24F2N4O3/c1-36-20-5-2-4-19(14-20)33-26(34)21-10-13-31(15-18-8-11-30-12-9-18)17-25(21)32(27(33)35)16-22-23(28)6-3-7-24(22)29/h2-9,11-12,14H,10,13,15-17H2,1H3. The van der Waals surface area contributed by atoms with Gasteiger partial charge in [-0.05, 0) is 48.4 Å². The van der Waals surface area contributed by atoms with E-state index >= 15 is 0 Å².